The van der Waals surface area contributed by atoms with E-state index in [0.717, 1.165) is 18.0 Å². The molecule has 2 aromatic rings. The van der Waals surface area contributed by atoms with Gasteiger partial charge in [0, 0.05) is 18.3 Å². The van der Waals surface area contributed by atoms with Crippen LogP contribution in [0.5, 0.6) is 5.75 Å². The molecule has 0 saturated carbocycles. The number of nitrogen functional groups attached to an aromatic ring is 1. The van der Waals surface area contributed by atoms with E-state index in [1.807, 2.05) is 12.1 Å². The molecule has 2 aromatic carbocycles. The second kappa shape index (κ2) is 8.02. The van der Waals surface area contributed by atoms with E-state index in [1.54, 1.807) is 0 Å². The van der Waals surface area contributed by atoms with Crippen LogP contribution in [0.15, 0.2) is 42.5 Å². The largest absolute Gasteiger partial charge is 0.491 e. The summed E-state index contributed by atoms with van der Waals surface area (Å²) in [4.78, 5) is 0. The number of ether oxygens (including phenoxy) is 1. The molecule has 3 heteroatoms. The zero-order valence-corrected chi connectivity index (χ0v) is 14.6. The molecule has 3 N–H and O–H groups in total. The molecule has 0 bridgehead atoms. The summed E-state index contributed by atoms with van der Waals surface area (Å²) in [5.41, 5.74) is 10.2. The van der Waals surface area contributed by atoms with Gasteiger partial charge in [0.05, 0.1) is 0 Å². The number of nitrogens with one attached hydrogen (secondary N) is 1. The minimum Gasteiger partial charge on any atom is -0.491 e. The normalized spacial score (nSPS) is 13.6. The molecule has 2 atom stereocenters. The third kappa shape index (κ3) is 5.00. The molecule has 2 unspecified atom stereocenters. The summed E-state index contributed by atoms with van der Waals surface area (Å²) in [5.74, 6) is 1.45. The number of para-hydroxylation sites is 1. The first kappa shape index (κ1) is 17.4. The Balaban J connectivity index is 1.81. The second-order valence-electron chi connectivity index (χ2n) is 6.41. The van der Waals surface area contributed by atoms with Crippen molar-refractivity contribution < 1.29 is 4.74 Å². The predicted molar refractivity (Wildman–Crippen MR) is 98.1 cm³/mol. The Labute approximate surface area is 139 Å². The van der Waals surface area contributed by atoms with Crippen LogP contribution in [-0.2, 0) is 0 Å². The van der Waals surface area contributed by atoms with Crippen molar-refractivity contribution in [3.05, 3.63) is 59.2 Å². The topological polar surface area (TPSA) is 47.3 Å². The van der Waals surface area contributed by atoms with Gasteiger partial charge in [-0.15, -0.1) is 0 Å². The summed E-state index contributed by atoms with van der Waals surface area (Å²) in [6.07, 6.45) is 0. The Bertz CT molecular complexity index is 602. The van der Waals surface area contributed by atoms with Crippen LogP contribution in [0.1, 0.15) is 36.5 Å². The zero-order valence-electron chi connectivity index (χ0n) is 14.6. The fourth-order valence-corrected chi connectivity index (χ4v) is 2.61. The van der Waals surface area contributed by atoms with Crippen LogP contribution in [-0.4, -0.2) is 19.2 Å². The maximum absolute atomic E-state index is 6.00. The van der Waals surface area contributed by atoms with Gasteiger partial charge < -0.3 is 15.8 Å². The highest BCUT2D eigenvalue weighted by atomic mass is 16.5. The fourth-order valence-electron chi connectivity index (χ4n) is 2.61. The van der Waals surface area contributed by atoms with Crippen LogP contribution in [0.4, 0.5) is 5.69 Å². The van der Waals surface area contributed by atoms with E-state index in [-0.39, 0.29) is 0 Å². The van der Waals surface area contributed by atoms with E-state index in [0.29, 0.717) is 18.6 Å². The van der Waals surface area contributed by atoms with Gasteiger partial charge in [0.2, 0.25) is 0 Å². The molecule has 0 radical (unpaired) electrons. The number of aryl methyl sites for hydroxylation is 2. The maximum Gasteiger partial charge on any atom is 0.125 e. The summed E-state index contributed by atoms with van der Waals surface area (Å²) >= 11 is 0. The molecular formula is C20H28N2O. The van der Waals surface area contributed by atoms with Crippen LogP contribution < -0.4 is 15.8 Å². The molecule has 0 heterocycles. The van der Waals surface area contributed by atoms with E-state index >= 15 is 0 Å². The first-order valence-corrected chi connectivity index (χ1v) is 8.25. The lowest BCUT2D eigenvalue weighted by Crippen LogP contribution is -2.34. The predicted octanol–water partition coefficient (Wildman–Crippen LogP) is 4.05. The Hall–Kier alpha value is -2.00. The quantitative estimate of drug-likeness (QED) is 0.758. The Morgan fingerprint density at radius 1 is 1.00 bits per heavy atom. The molecule has 0 aliphatic rings. The van der Waals surface area contributed by atoms with E-state index in [9.17, 15) is 0 Å². The summed E-state index contributed by atoms with van der Waals surface area (Å²) < 4.78 is 6.00. The molecule has 0 amide bonds. The van der Waals surface area contributed by atoms with E-state index < -0.39 is 0 Å². The highest BCUT2D eigenvalue weighted by Crippen LogP contribution is 2.22. The lowest BCUT2D eigenvalue weighted by molar-refractivity contribution is 0.269. The summed E-state index contributed by atoms with van der Waals surface area (Å²) in [6, 6.07) is 14.6. The molecule has 2 rings (SSSR count). The summed E-state index contributed by atoms with van der Waals surface area (Å²) in [6.45, 7) is 10.1. The van der Waals surface area contributed by atoms with Crippen molar-refractivity contribution >= 4 is 5.69 Å². The van der Waals surface area contributed by atoms with Crippen LogP contribution in [0, 0.1) is 13.8 Å². The number of nitrogens with two attached hydrogens (primary N) is 1. The first-order valence-electron chi connectivity index (χ1n) is 8.25. The number of anilines is 1. The number of benzene rings is 2. The van der Waals surface area contributed by atoms with Gasteiger partial charge in [-0.2, -0.15) is 0 Å². The van der Waals surface area contributed by atoms with Gasteiger partial charge in [0.15, 0.2) is 0 Å². The average molecular weight is 312 g/mol. The Morgan fingerprint density at radius 3 is 2.22 bits per heavy atom. The Kier molecular flexibility index (Phi) is 6.05. The third-order valence-electron chi connectivity index (χ3n) is 4.16. The fraction of sp³-hybridized carbons (Fsp3) is 0.400. The third-order valence-corrected chi connectivity index (χ3v) is 4.16. The molecule has 0 fully saturated rings. The van der Waals surface area contributed by atoms with Crippen molar-refractivity contribution in [2.45, 2.75) is 39.7 Å². The van der Waals surface area contributed by atoms with Crippen molar-refractivity contribution in [1.29, 1.82) is 0 Å². The number of hydrogen-bond acceptors (Lipinski definition) is 3. The van der Waals surface area contributed by atoms with Crippen LogP contribution in [0.2, 0.25) is 0 Å². The highest BCUT2D eigenvalue weighted by Gasteiger charge is 2.10. The average Bonchev–Trinajstić information content (AvgIpc) is 2.53. The van der Waals surface area contributed by atoms with Crippen LogP contribution >= 0.6 is 0 Å². The summed E-state index contributed by atoms with van der Waals surface area (Å²) in [7, 11) is 0. The molecule has 23 heavy (non-hydrogen) atoms. The standard InChI is InChI=1S/C20H28N2O/c1-14-6-5-7-15(2)20(14)23-13-17(4)22-12-16(3)18-8-10-19(21)11-9-18/h5-11,16-17,22H,12-13,21H2,1-4H3. The van der Waals surface area contributed by atoms with Crippen molar-refractivity contribution in [2.75, 3.05) is 18.9 Å². The lowest BCUT2D eigenvalue weighted by Gasteiger charge is -2.20. The minimum atomic E-state index is 0.297. The van der Waals surface area contributed by atoms with Crippen LogP contribution in [0.3, 0.4) is 0 Å². The smallest absolute Gasteiger partial charge is 0.125 e. The molecule has 0 aliphatic carbocycles. The molecule has 3 nitrogen and oxygen atoms in total. The van der Waals surface area contributed by atoms with Crippen LogP contribution in [0.25, 0.3) is 0 Å². The molecule has 0 spiro atoms. The Morgan fingerprint density at radius 2 is 1.61 bits per heavy atom. The highest BCUT2D eigenvalue weighted by molar-refractivity contribution is 5.40. The number of hydrogen-bond donors (Lipinski definition) is 2. The number of rotatable bonds is 7. The van der Waals surface area contributed by atoms with Crippen molar-refractivity contribution in [3.63, 3.8) is 0 Å². The zero-order chi connectivity index (χ0) is 16.8. The SMILES string of the molecule is Cc1cccc(C)c1OCC(C)NCC(C)c1ccc(N)cc1. The van der Waals surface area contributed by atoms with Gasteiger partial charge in [-0.25, -0.2) is 0 Å². The van der Waals surface area contributed by atoms with Crippen molar-refractivity contribution in [3.8, 4) is 5.75 Å². The molecular weight excluding hydrogens is 284 g/mol. The second-order valence-corrected chi connectivity index (χ2v) is 6.41. The van der Waals surface area contributed by atoms with Gasteiger partial charge >= 0.3 is 0 Å². The van der Waals surface area contributed by atoms with E-state index in [4.69, 9.17) is 10.5 Å². The van der Waals surface area contributed by atoms with Gasteiger partial charge in [0.1, 0.15) is 12.4 Å². The van der Waals surface area contributed by atoms with E-state index in [1.165, 1.54) is 16.7 Å². The lowest BCUT2D eigenvalue weighted by atomic mass is 10.0. The monoisotopic (exact) mass is 312 g/mol. The van der Waals surface area contributed by atoms with Crippen molar-refractivity contribution in [1.82, 2.24) is 5.32 Å². The van der Waals surface area contributed by atoms with Gasteiger partial charge in [-0.3, -0.25) is 0 Å². The first-order chi connectivity index (χ1) is 11.0. The molecule has 0 saturated heterocycles. The molecule has 124 valence electrons. The minimum absolute atomic E-state index is 0.297. The maximum atomic E-state index is 6.00. The van der Waals surface area contributed by atoms with Crippen molar-refractivity contribution in [2.24, 2.45) is 0 Å². The van der Waals surface area contributed by atoms with E-state index in [2.05, 4.69) is 63.3 Å². The van der Waals surface area contributed by atoms with Gasteiger partial charge in [-0.05, 0) is 55.5 Å². The van der Waals surface area contributed by atoms with Gasteiger partial charge in [0.25, 0.3) is 0 Å². The van der Waals surface area contributed by atoms with Gasteiger partial charge in [-0.1, -0.05) is 37.3 Å². The summed E-state index contributed by atoms with van der Waals surface area (Å²) in [5, 5.41) is 3.55. The molecule has 0 aliphatic heterocycles. The molecule has 0 aromatic heterocycles.